The largest absolute Gasteiger partial charge is 0.494 e. The molecule has 4 nitrogen and oxygen atoms in total. The van der Waals surface area contributed by atoms with E-state index in [2.05, 4.69) is 36.5 Å². The molecule has 0 aliphatic heterocycles. The van der Waals surface area contributed by atoms with Crippen LogP contribution < -0.4 is 10.1 Å². The van der Waals surface area contributed by atoms with Crippen molar-refractivity contribution in [3.63, 3.8) is 0 Å². The van der Waals surface area contributed by atoms with Crippen molar-refractivity contribution >= 4 is 17.7 Å². The molecule has 0 bridgehead atoms. The molecule has 3 aromatic rings. The first-order chi connectivity index (χ1) is 20.7. The first kappa shape index (κ1) is 32.5. The van der Waals surface area contributed by atoms with Gasteiger partial charge in [0.15, 0.2) is 0 Å². The standard InChI is InChI=1S/C32H41NO3.C6H6/c1-2-3-4-5-6-7-8-9-10-15-24-36-28-22-20-26(21-23-28)25-27-16-11-13-18-30(27)33-31-19-14-12-17-29(31)32(34)35;1-2-4-6-5-3-1/h11-14,16-23,25,30,33H,2-10,15,24H2,1H3,(H,34,35);1-6H. The molecule has 1 aliphatic rings. The number of nitrogens with one attached hydrogen (secondary N) is 1. The van der Waals surface area contributed by atoms with Crippen LogP contribution in [0.5, 0.6) is 5.75 Å². The Hall–Kier alpha value is -4.05. The lowest BCUT2D eigenvalue weighted by molar-refractivity contribution is 0.0698. The van der Waals surface area contributed by atoms with Gasteiger partial charge >= 0.3 is 5.97 Å². The van der Waals surface area contributed by atoms with Crippen molar-refractivity contribution in [3.05, 3.63) is 126 Å². The molecule has 1 aliphatic carbocycles. The van der Waals surface area contributed by atoms with E-state index in [9.17, 15) is 9.90 Å². The average Bonchev–Trinajstić information content (AvgIpc) is 3.03. The number of hydrogen-bond donors (Lipinski definition) is 2. The molecule has 0 saturated heterocycles. The summed E-state index contributed by atoms with van der Waals surface area (Å²) in [6.45, 7) is 3.03. The third-order valence-corrected chi connectivity index (χ3v) is 7.18. The SMILES string of the molecule is CCCCCCCCCCCCOc1ccc(C=C2C=CC=CC2Nc2ccccc2C(=O)O)cc1.c1ccccc1. The van der Waals surface area contributed by atoms with Crippen LogP contribution in [0, 0.1) is 0 Å². The number of rotatable bonds is 16. The first-order valence-electron chi connectivity index (χ1n) is 15.6. The Bertz CT molecular complexity index is 1220. The van der Waals surface area contributed by atoms with Crippen LogP contribution in [-0.4, -0.2) is 23.7 Å². The highest BCUT2D eigenvalue weighted by atomic mass is 16.5. The molecule has 0 saturated carbocycles. The summed E-state index contributed by atoms with van der Waals surface area (Å²) in [6, 6.07) is 27.1. The fourth-order valence-corrected chi connectivity index (χ4v) is 4.81. The zero-order valence-electron chi connectivity index (χ0n) is 25.1. The summed E-state index contributed by atoms with van der Waals surface area (Å²) >= 11 is 0. The number of benzene rings is 3. The predicted octanol–water partition coefficient (Wildman–Crippen LogP) is 10.4. The van der Waals surface area contributed by atoms with Gasteiger partial charge in [-0.1, -0.05) is 150 Å². The number of ether oxygens (including phenoxy) is 1. The van der Waals surface area contributed by atoms with Crippen molar-refractivity contribution in [3.8, 4) is 5.75 Å². The van der Waals surface area contributed by atoms with E-state index in [4.69, 9.17) is 4.74 Å². The second-order valence-electron chi connectivity index (χ2n) is 10.6. The molecule has 1 atom stereocenters. The average molecular weight is 566 g/mol. The van der Waals surface area contributed by atoms with E-state index in [1.807, 2.05) is 72.8 Å². The zero-order valence-corrected chi connectivity index (χ0v) is 25.1. The van der Waals surface area contributed by atoms with Crippen LogP contribution in [0.25, 0.3) is 6.08 Å². The summed E-state index contributed by atoms with van der Waals surface area (Å²) in [5, 5.41) is 12.8. The molecule has 0 amide bonds. The van der Waals surface area contributed by atoms with Gasteiger partial charge in [0.1, 0.15) is 5.75 Å². The van der Waals surface area contributed by atoms with Crippen molar-refractivity contribution in [1.29, 1.82) is 0 Å². The molecule has 42 heavy (non-hydrogen) atoms. The van der Waals surface area contributed by atoms with Gasteiger partial charge in [0, 0.05) is 5.69 Å². The third-order valence-electron chi connectivity index (χ3n) is 7.18. The van der Waals surface area contributed by atoms with Crippen LogP contribution in [0.3, 0.4) is 0 Å². The topological polar surface area (TPSA) is 58.6 Å². The van der Waals surface area contributed by atoms with Gasteiger partial charge in [0.2, 0.25) is 0 Å². The van der Waals surface area contributed by atoms with Gasteiger partial charge in [-0.2, -0.15) is 0 Å². The molecule has 1 unspecified atom stereocenters. The van der Waals surface area contributed by atoms with Crippen LogP contribution in [0.4, 0.5) is 5.69 Å². The van der Waals surface area contributed by atoms with Crippen LogP contribution in [0.1, 0.15) is 87.1 Å². The highest BCUT2D eigenvalue weighted by molar-refractivity contribution is 5.94. The van der Waals surface area contributed by atoms with Crippen molar-refractivity contribution in [2.45, 2.75) is 77.2 Å². The van der Waals surface area contributed by atoms with E-state index in [1.54, 1.807) is 18.2 Å². The monoisotopic (exact) mass is 565 g/mol. The molecule has 222 valence electrons. The summed E-state index contributed by atoms with van der Waals surface area (Å²) in [6.07, 6.45) is 23.4. The number of carbonyl (C=O) groups is 1. The third kappa shape index (κ3) is 12.6. The number of hydrogen-bond acceptors (Lipinski definition) is 3. The molecule has 0 spiro atoms. The number of para-hydroxylation sites is 1. The van der Waals surface area contributed by atoms with Gasteiger partial charge in [-0.3, -0.25) is 0 Å². The van der Waals surface area contributed by atoms with E-state index in [-0.39, 0.29) is 11.6 Å². The van der Waals surface area contributed by atoms with E-state index in [0.717, 1.165) is 29.9 Å². The Kier molecular flexibility index (Phi) is 15.4. The molecular weight excluding hydrogens is 518 g/mol. The Balaban J connectivity index is 0.000000715. The molecule has 0 aromatic heterocycles. The smallest absolute Gasteiger partial charge is 0.337 e. The van der Waals surface area contributed by atoms with Crippen molar-refractivity contribution in [2.75, 3.05) is 11.9 Å². The molecular formula is C38H47NO3. The lowest BCUT2D eigenvalue weighted by atomic mass is 9.98. The Labute approximate surface area is 252 Å². The summed E-state index contributed by atoms with van der Waals surface area (Å²) < 4.78 is 5.94. The van der Waals surface area contributed by atoms with E-state index >= 15 is 0 Å². The zero-order chi connectivity index (χ0) is 29.7. The predicted molar refractivity (Wildman–Crippen MR) is 177 cm³/mol. The molecule has 3 aromatic carbocycles. The van der Waals surface area contributed by atoms with E-state index in [0.29, 0.717) is 5.69 Å². The van der Waals surface area contributed by atoms with Crippen LogP contribution in [0.15, 0.2) is 115 Å². The van der Waals surface area contributed by atoms with Gasteiger partial charge in [-0.15, -0.1) is 0 Å². The minimum absolute atomic E-state index is 0.109. The maximum Gasteiger partial charge on any atom is 0.337 e. The number of aromatic carboxylic acids is 1. The van der Waals surface area contributed by atoms with Crippen molar-refractivity contribution in [1.82, 2.24) is 0 Å². The van der Waals surface area contributed by atoms with Gasteiger partial charge < -0.3 is 15.2 Å². The fourth-order valence-electron chi connectivity index (χ4n) is 4.81. The van der Waals surface area contributed by atoms with Gasteiger partial charge in [0.25, 0.3) is 0 Å². The van der Waals surface area contributed by atoms with Crippen molar-refractivity contribution < 1.29 is 14.6 Å². The molecule has 2 N–H and O–H groups in total. The second-order valence-corrected chi connectivity index (χ2v) is 10.6. The van der Waals surface area contributed by atoms with E-state index in [1.165, 1.54) is 57.8 Å². The fraction of sp³-hybridized carbons (Fsp3) is 0.342. The van der Waals surface area contributed by atoms with Gasteiger partial charge in [0.05, 0.1) is 18.2 Å². The number of allylic oxidation sites excluding steroid dienone is 2. The Morgan fingerprint density at radius 2 is 1.36 bits per heavy atom. The molecule has 0 fully saturated rings. The summed E-state index contributed by atoms with van der Waals surface area (Å²) in [5.74, 6) is -0.0374. The summed E-state index contributed by atoms with van der Waals surface area (Å²) in [7, 11) is 0. The van der Waals surface area contributed by atoms with Crippen LogP contribution in [0.2, 0.25) is 0 Å². The van der Waals surface area contributed by atoms with Crippen LogP contribution >= 0.6 is 0 Å². The minimum Gasteiger partial charge on any atom is -0.494 e. The van der Waals surface area contributed by atoms with Gasteiger partial charge in [-0.25, -0.2) is 4.79 Å². The van der Waals surface area contributed by atoms with Crippen LogP contribution in [-0.2, 0) is 0 Å². The molecule has 0 radical (unpaired) electrons. The number of carboxylic acid groups (broad SMARTS) is 1. The van der Waals surface area contributed by atoms with Gasteiger partial charge in [-0.05, 0) is 47.9 Å². The highest BCUT2D eigenvalue weighted by Gasteiger charge is 2.15. The second kappa shape index (κ2) is 19.9. The first-order valence-corrected chi connectivity index (χ1v) is 15.6. The summed E-state index contributed by atoms with van der Waals surface area (Å²) in [4.78, 5) is 11.6. The lowest BCUT2D eigenvalue weighted by Crippen LogP contribution is -2.21. The molecule has 4 heteroatoms. The quantitative estimate of drug-likeness (QED) is 0.170. The van der Waals surface area contributed by atoms with E-state index < -0.39 is 5.97 Å². The number of carboxylic acids is 1. The summed E-state index contributed by atoms with van der Waals surface area (Å²) in [5.41, 5.74) is 3.02. The maximum absolute atomic E-state index is 11.6. The normalized spacial score (nSPS) is 14.7. The highest BCUT2D eigenvalue weighted by Crippen LogP contribution is 2.24. The Morgan fingerprint density at radius 1 is 0.762 bits per heavy atom. The number of unbranched alkanes of at least 4 members (excludes halogenated alkanes) is 9. The maximum atomic E-state index is 11.6. The minimum atomic E-state index is -0.938. The molecule has 4 rings (SSSR count). The van der Waals surface area contributed by atoms with Crippen molar-refractivity contribution in [2.24, 2.45) is 0 Å². The Morgan fingerprint density at radius 3 is 1.98 bits per heavy atom. The lowest BCUT2D eigenvalue weighted by Gasteiger charge is -2.21. The number of anilines is 1. The molecule has 0 heterocycles.